The zero-order valence-electron chi connectivity index (χ0n) is 3.58. The molecule has 0 unspecified atom stereocenters. The molecule has 6 heavy (non-hydrogen) atoms. The van der Waals surface area contributed by atoms with Crippen LogP contribution in [-0.2, 0) is 0 Å². The number of alkyl halides is 1. The predicted octanol–water partition coefficient (Wildman–Crippen LogP) is 2.10. The second-order valence-electron chi connectivity index (χ2n) is 1.51. The van der Waals surface area contributed by atoms with Crippen LogP contribution in [0, 0.1) is 0 Å². The average Bonchev–Trinajstić information content (AvgIpc) is 2.21. The Morgan fingerprint density at radius 3 is 2.67 bits per heavy atom. The standard InChI is InChI=1S/C5H7Br/c6-4-3-5-1-2-5/h1H,2-4H2. The second kappa shape index (κ2) is 1.78. The van der Waals surface area contributed by atoms with Gasteiger partial charge in [0.05, 0.1) is 0 Å². The van der Waals surface area contributed by atoms with Crippen molar-refractivity contribution >= 4 is 15.9 Å². The van der Waals surface area contributed by atoms with Crippen molar-refractivity contribution in [2.24, 2.45) is 0 Å². The summed E-state index contributed by atoms with van der Waals surface area (Å²) in [5, 5.41) is 1.14. The second-order valence-corrected chi connectivity index (χ2v) is 2.30. The van der Waals surface area contributed by atoms with Gasteiger partial charge in [-0.15, -0.1) is 0 Å². The van der Waals surface area contributed by atoms with E-state index in [2.05, 4.69) is 22.0 Å². The number of hydrogen-bond acceptors (Lipinski definition) is 0. The van der Waals surface area contributed by atoms with Gasteiger partial charge in [-0.05, 0) is 12.8 Å². The molecule has 0 aromatic rings. The highest BCUT2D eigenvalue weighted by molar-refractivity contribution is 9.09. The van der Waals surface area contributed by atoms with Gasteiger partial charge in [0, 0.05) is 5.33 Å². The molecule has 0 fully saturated rings. The van der Waals surface area contributed by atoms with Crippen molar-refractivity contribution in [1.29, 1.82) is 0 Å². The van der Waals surface area contributed by atoms with Crippen LogP contribution in [0.1, 0.15) is 12.8 Å². The summed E-state index contributed by atoms with van der Waals surface area (Å²) in [5.41, 5.74) is 1.62. The summed E-state index contributed by atoms with van der Waals surface area (Å²) in [6.07, 6.45) is 4.81. The van der Waals surface area contributed by atoms with Gasteiger partial charge in [0.1, 0.15) is 0 Å². The lowest BCUT2D eigenvalue weighted by atomic mass is 10.4. The van der Waals surface area contributed by atoms with Crippen molar-refractivity contribution < 1.29 is 0 Å². The smallest absolute Gasteiger partial charge is 0.00686 e. The molecular weight excluding hydrogens is 140 g/mol. The number of halogens is 1. The summed E-state index contributed by atoms with van der Waals surface area (Å²) >= 11 is 3.35. The van der Waals surface area contributed by atoms with E-state index in [0.29, 0.717) is 0 Å². The highest BCUT2D eigenvalue weighted by Gasteiger charge is 2.03. The van der Waals surface area contributed by atoms with E-state index >= 15 is 0 Å². The lowest BCUT2D eigenvalue weighted by Crippen LogP contribution is -1.64. The van der Waals surface area contributed by atoms with Crippen molar-refractivity contribution in [2.75, 3.05) is 5.33 Å². The fourth-order valence-electron chi connectivity index (χ4n) is 0.398. The predicted molar refractivity (Wildman–Crippen MR) is 31.1 cm³/mol. The van der Waals surface area contributed by atoms with E-state index < -0.39 is 0 Å². The maximum Gasteiger partial charge on any atom is 0.00686 e. The minimum Gasteiger partial charge on any atom is -0.0925 e. The maximum absolute atomic E-state index is 3.35. The zero-order chi connectivity index (χ0) is 4.41. The fraction of sp³-hybridized carbons (Fsp3) is 0.600. The molecule has 0 aromatic heterocycles. The molecule has 0 heterocycles. The van der Waals surface area contributed by atoms with Gasteiger partial charge < -0.3 is 0 Å². The summed E-state index contributed by atoms with van der Waals surface area (Å²) < 4.78 is 0. The molecule has 0 N–H and O–H groups in total. The molecule has 0 bridgehead atoms. The van der Waals surface area contributed by atoms with Gasteiger partial charge in [-0.1, -0.05) is 27.6 Å². The summed E-state index contributed by atoms with van der Waals surface area (Å²) in [6.45, 7) is 0. The molecule has 0 nitrogen and oxygen atoms in total. The van der Waals surface area contributed by atoms with Crippen molar-refractivity contribution in [2.45, 2.75) is 12.8 Å². The minimum absolute atomic E-state index is 1.14. The van der Waals surface area contributed by atoms with Crippen molar-refractivity contribution in [1.82, 2.24) is 0 Å². The van der Waals surface area contributed by atoms with Crippen molar-refractivity contribution in [3.05, 3.63) is 11.6 Å². The molecule has 0 atom stereocenters. The zero-order valence-corrected chi connectivity index (χ0v) is 5.16. The normalized spacial score (nSPS) is 17.2. The summed E-state index contributed by atoms with van der Waals surface area (Å²) in [6, 6.07) is 0. The van der Waals surface area contributed by atoms with Crippen LogP contribution in [0.25, 0.3) is 0 Å². The molecule has 0 saturated carbocycles. The van der Waals surface area contributed by atoms with E-state index in [1.165, 1.54) is 12.8 Å². The van der Waals surface area contributed by atoms with Crippen LogP contribution in [0.5, 0.6) is 0 Å². The van der Waals surface area contributed by atoms with Crippen molar-refractivity contribution in [3.63, 3.8) is 0 Å². The summed E-state index contributed by atoms with van der Waals surface area (Å²) in [5.74, 6) is 0. The van der Waals surface area contributed by atoms with Gasteiger partial charge in [-0.2, -0.15) is 0 Å². The summed E-state index contributed by atoms with van der Waals surface area (Å²) in [4.78, 5) is 0. The molecular formula is C5H7Br. The van der Waals surface area contributed by atoms with E-state index in [4.69, 9.17) is 0 Å². The Labute approximate surface area is 46.4 Å². The first-order valence-corrected chi connectivity index (χ1v) is 3.29. The van der Waals surface area contributed by atoms with Crippen LogP contribution in [0.15, 0.2) is 11.6 Å². The third-order valence-corrected chi connectivity index (χ3v) is 1.30. The van der Waals surface area contributed by atoms with Gasteiger partial charge in [-0.25, -0.2) is 0 Å². The molecule has 0 aliphatic heterocycles. The SMILES string of the molecule is BrCCC1=CC1. The van der Waals surface area contributed by atoms with Gasteiger partial charge in [0.25, 0.3) is 0 Å². The molecule has 0 spiro atoms. The highest BCUT2D eigenvalue weighted by atomic mass is 79.9. The van der Waals surface area contributed by atoms with Gasteiger partial charge >= 0.3 is 0 Å². The third-order valence-electron chi connectivity index (χ3n) is 0.908. The first-order valence-electron chi connectivity index (χ1n) is 2.17. The van der Waals surface area contributed by atoms with Crippen LogP contribution >= 0.6 is 15.9 Å². The monoisotopic (exact) mass is 146 g/mol. The van der Waals surface area contributed by atoms with E-state index in [1.807, 2.05) is 0 Å². The molecule has 1 aliphatic carbocycles. The quantitative estimate of drug-likeness (QED) is 0.414. The van der Waals surface area contributed by atoms with Gasteiger partial charge in [-0.3, -0.25) is 0 Å². The van der Waals surface area contributed by atoms with Crippen LogP contribution in [0.4, 0.5) is 0 Å². The van der Waals surface area contributed by atoms with Crippen LogP contribution in [-0.4, -0.2) is 5.33 Å². The Hall–Kier alpha value is 0.220. The maximum atomic E-state index is 3.35. The number of hydrogen-bond donors (Lipinski definition) is 0. The summed E-state index contributed by atoms with van der Waals surface area (Å²) in [7, 11) is 0. The average molecular weight is 147 g/mol. The Balaban J connectivity index is 2.02. The molecule has 1 heteroatoms. The largest absolute Gasteiger partial charge is 0.0925 e. The minimum atomic E-state index is 1.14. The Bertz CT molecular complexity index is 74.0. The van der Waals surface area contributed by atoms with E-state index in [0.717, 1.165) is 5.33 Å². The first kappa shape index (κ1) is 4.38. The molecule has 0 radical (unpaired) electrons. The fourth-order valence-corrected chi connectivity index (χ4v) is 0.907. The molecule has 1 aliphatic rings. The molecule has 0 amide bonds. The number of rotatable bonds is 2. The van der Waals surface area contributed by atoms with Gasteiger partial charge in [0.2, 0.25) is 0 Å². The van der Waals surface area contributed by atoms with Crippen LogP contribution < -0.4 is 0 Å². The third kappa shape index (κ3) is 1.13. The molecule has 1 rings (SSSR count). The Kier molecular flexibility index (Phi) is 1.30. The van der Waals surface area contributed by atoms with E-state index in [1.54, 1.807) is 5.57 Å². The Morgan fingerprint density at radius 2 is 2.50 bits per heavy atom. The van der Waals surface area contributed by atoms with E-state index in [-0.39, 0.29) is 0 Å². The van der Waals surface area contributed by atoms with Gasteiger partial charge in [0.15, 0.2) is 0 Å². The topological polar surface area (TPSA) is 0 Å². The Morgan fingerprint density at radius 1 is 1.83 bits per heavy atom. The molecule has 34 valence electrons. The van der Waals surface area contributed by atoms with E-state index in [9.17, 15) is 0 Å². The lowest BCUT2D eigenvalue weighted by molar-refractivity contribution is 1.18. The highest BCUT2D eigenvalue weighted by Crippen LogP contribution is 2.22. The molecule has 0 saturated heterocycles. The molecule has 0 aromatic carbocycles. The first-order chi connectivity index (χ1) is 2.93. The number of allylic oxidation sites excluding steroid dienone is 2. The van der Waals surface area contributed by atoms with Crippen molar-refractivity contribution in [3.8, 4) is 0 Å². The van der Waals surface area contributed by atoms with Crippen LogP contribution in [0.3, 0.4) is 0 Å². The van der Waals surface area contributed by atoms with Crippen LogP contribution in [0.2, 0.25) is 0 Å². The lowest BCUT2D eigenvalue weighted by Gasteiger charge is -1.77.